The van der Waals surface area contributed by atoms with Gasteiger partial charge in [-0.3, -0.25) is 4.79 Å². The van der Waals surface area contributed by atoms with Gasteiger partial charge in [0.15, 0.2) is 9.84 Å². The number of ether oxygens (including phenoxy) is 1. The molecule has 8 heteroatoms. The fraction of sp³-hybridized carbons (Fsp3) is 0.833. The Hall–Kier alpha value is -1.15. The molecule has 1 aliphatic heterocycles. The van der Waals surface area contributed by atoms with Gasteiger partial charge < -0.3 is 15.0 Å². The molecule has 0 bridgehead atoms. The van der Waals surface area contributed by atoms with Crippen LogP contribution >= 0.6 is 0 Å². The SMILES string of the molecule is COCCN(C(=O)NCCC(C)=O)C1CCS(=O)(=O)C1. The van der Waals surface area contributed by atoms with Crippen molar-refractivity contribution in [1.82, 2.24) is 10.2 Å². The number of amides is 2. The Morgan fingerprint density at radius 1 is 1.40 bits per heavy atom. The van der Waals surface area contributed by atoms with Crippen LogP contribution in [0.25, 0.3) is 0 Å². The molecule has 1 heterocycles. The van der Waals surface area contributed by atoms with Crippen LogP contribution in [0.4, 0.5) is 4.79 Å². The molecule has 0 aromatic heterocycles. The average molecular weight is 306 g/mol. The molecule has 116 valence electrons. The van der Waals surface area contributed by atoms with Crippen molar-refractivity contribution in [2.24, 2.45) is 0 Å². The van der Waals surface area contributed by atoms with E-state index in [1.165, 1.54) is 18.9 Å². The first-order valence-electron chi connectivity index (χ1n) is 6.59. The molecule has 1 atom stereocenters. The average Bonchev–Trinajstić information content (AvgIpc) is 2.69. The summed E-state index contributed by atoms with van der Waals surface area (Å²) >= 11 is 0. The third-order valence-electron chi connectivity index (χ3n) is 3.20. The van der Waals surface area contributed by atoms with E-state index in [0.717, 1.165) is 0 Å². The lowest BCUT2D eigenvalue weighted by atomic mass is 10.2. The van der Waals surface area contributed by atoms with Gasteiger partial charge in [-0.05, 0) is 13.3 Å². The van der Waals surface area contributed by atoms with E-state index in [9.17, 15) is 18.0 Å². The molecule has 1 saturated heterocycles. The maximum absolute atomic E-state index is 12.1. The van der Waals surface area contributed by atoms with Gasteiger partial charge in [0.2, 0.25) is 0 Å². The molecule has 1 aliphatic rings. The van der Waals surface area contributed by atoms with Crippen molar-refractivity contribution in [3.05, 3.63) is 0 Å². The Labute approximate surface area is 119 Å². The topological polar surface area (TPSA) is 92.8 Å². The number of methoxy groups -OCH3 is 1. The van der Waals surface area contributed by atoms with Crippen molar-refractivity contribution in [1.29, 1.82) is 0 Å². The van der Waals surface area contributed by atoms with E-state index < -0.39 is 9.84 Å². The summed E-state index contributed by atoms with van der Waals surface area (Å²) in [6.07, 6.45) is 0.721. The van der Waals surface area contributed by atoms with Crippen molar-refractivity contribution in [2.45, 2.75) is 25.8 Å². The van der Waals surface area contributed by atoms with Crippen LogP contribution in [-0.2, 0) is 19.4 Å². The summed E-state index contributed by atoms with van der Waals surface area (Å²) in [6.45, 7) is 2.40. The fourth-order valence-corrected chi connectivity index (χ4v) is 3.84. The highest BCUT2D eigenvalue weighted by atomic mass is 32.2. The first kappa shape index (κ1) is 16.9. The quantitative estimate of drug-likeness (QED) is 0.704. The third kappa shape index (κ3) is 5.46. The van der Waals surface area contributed by atoms with Crippen molar-refractivity contribution < 1.29 is 22.7 Å². The number of carbonyl (C=O) groups is 2. The predicted molar refractivity (Wildman–Crippen MR) is 74.3 cm³/mol. The van der Waals surface area contributed by atoms with Crippen molar-refractivity contribution in [3.63, 3.8) is 0 Å². The van der Waals surface area contributed by atoms with Gasteiger partial charge in [-0.1, -0.05) is 0 Å². The van der Waals surface area contributed by atoms with Crippen LogP contribution in [0.15, 0.2) is 0 Å². The predicted octanol–water partition coefficient (Wildman–Crippen LogP) is -0.189. The molecular weight excluding hydrogens is 284 g/mol. The fourth-order valence-electron chi connectivity index (χ4n) is 2.11. The molecule has 0 saturated carbocycles. The van der Waals surface area contributed by atoms with E-state index in [2.05, 4.69) is 5.32 Å². The number of nitrogens with one attached hydrogen (secondary N) is 1. The molecule has 1 unspecified atom stereocenters. The summed E-state index contributed by atoms with van der Waals surface area (Å²) in [5.74, 6) is 0.107. The number of hydrogen-bond acceptors (Lipinski definition) is 5. The van der Waals surface area contributed by atoms with Crippen LogP contribution in [0.5, 0.6) is 0 Å². The molecule has 0 radical (unpaired) electrons. The van der Waals surface area contributed by atoms with Gasteiger partial charge in [0.25, 0.3) is 0 Å². The number of hydrogen-bond donors (Lipinski definition) is 1. The van der Waals surface area contributed by atoms with Gasteiger partial charge in [-0.2, -0.15) is 0 Å². The summed E-state index contributed by atoms with van der Waals surface area (Å²) in [4.78, 5) is 24.4. The summed E-state index contributed by atoms with van der Waals surface area (Å²) in [6, 6.07) is -0.655. The van der Waals surface area contributed by atoms with Gasteiger partial charge in [0.1, 0.15) is 5.78 Å². The number of carbonyl (C=O) groups excluding carboxylic acids is 2. The zero-order chi connectivity index (χ0) is 15.2. The van der Waals surface area contributed by atoms with Gasteiger partial charge in [-0.25, -0.2) is 13.2 Å². The number of rotatable bonds is 7. The van der Waals surface area contributed by atoms with Gasteiger partial charge in [0, 0.05) is 32.7 Å². The lowest BCUT2D eigenvalue weighted by Crippen LogP contribution is -2.48. The molecule has 0 aromatic rings. The number of sulfone groups is 1. The zero-order valence-electron chi connectivity index (χ0n) is 11.9. The molecule has 1 N–H and O–H groups in total. The first-order chi connectivity index (χ1) is 9.35. The number of Topliss-reactive ketones (excluding diaryl/α,β-unsaturated/α-hetero) is 1. The van der Waals surface area contributed by atoms with Crippen LogP contribution in [0.1, 0.15) is 19.8 Å². The van der Waals surface area contributed by atoms with Crippen molar-refractivity contribution in [2.75, 3.05) is 38.3 Å². The maximum Gasteiger partial charge on any atom is 0.317 e. The Kier molecular flexibility index (Phi) is 6.41. The molecule has 0 aliphatic carbocycles. The highest BCUT2D eigenvalue weighted by molar-refractivity contribution is 7.91. The Balaban J connectivity index is 2.59. The number of nitrogens with zero attached hydrogens (tertiary/aromatic N) is 1. The van der Waals surface area contributed by atoms with Gasteiger partial charge in [0.05, 0.1) is 18.1 Å². The summed E-state index contributed by atoms with van der Waals surface area (Å²) in [7, 11) is -1.52. The van der Waals surface area contributed by atoms with Gasteiger partial charge in [-0.15, -0.1) is 0 Å². The van der Waals surface area contributed by atoms with Crippen molar-refractivity contribution >= 4 is 21.7 Å². The number of ketones is 1. The maximum atomic E-state index is 12.1. The van der Waals surface area contributed by atoms with Crippen LogP contribution in [0.3, 0.4) is 0 Å². The second-order valence-electron chi connectivity index (χ2n) is 4.93. The molecule has 0 aromatic carbocycles. The summed E-state index contributed by atoms with van der Waals surface area (Å²) in [5, 5.41) is 2.64. The van der Waals surface area contributed by atoms with E-state index in [-0.39, 0.29) is 42.3 Å². The van der Waals surface area contributed by atoms with Crippen LogP contribution < -0.4 is 5.32 Å². The van der Waals surface area contributed by atoms with Crippen LogP contribution in [0, 0.1) is 0 Å². The van der Waals surface area contributed by atoms with E-state index in [0.29, 0.717) is 19.6 Å². The lowest BCUT2D eigenvalue weighted by Gasteiger charge is -2.28. The molecule has 20 heavy (non-hydrogen) atoms. The van der Waals surface area contributed by atoms with E-state index in [1.807, 2.05) is 0 Å². The van der Waals surface area contributed by atoms with E-state index in [4.69, 9.17) is 4.74 Å². The lowest BCUT2D eigenvalue weighted by molar-refractivity contribution is -0.116. The molecule has 2 amide bonds. The minimum atomic E-state index is -3.05. The molecule has 1 fully saturated rings. The van der Waals surface area contributed by atoms with Gasteiger partial charge >= 0.3 is 6.03 Å². The third-order valence-corrected chi connectivity index (χ3v) is 4.95. The minimum absolute atomic E-state index is 0.00261. The zero-order valence-corrected chi connectivity index (χ0v) is 12.7. The second-order valence-corrected chi connectivity index (χ2v) is 7.16. The molecule has 7 nitrogen and oxygen atoms in total. The Bertz CT molecular complexity index is 449. The smallest absolute Gasteiger partial charge is 0.317 e. The van der Waals surface area contributed by atoms with E-state index in [1.54, 1.807) is 0 Å². The molecule has 1 rings (SSSR count). The normalized spacial score (nSPS) is 20.6. The Morgan fingerprint density at radius 3 is 2.60 bits per heavy atom. The molecular formula is C12H22N2O5S. The highest BCUT2D eigenvalue weighted by Crippen LogP contribution is 2.17. The Morgan fingerprint density at radius 2 is 2.10 bits per heavy atom. The summed E-state index contributed by atoms with van der Waals surface area (Å²) < 4.78 is 28.0. The largest absolute Gasteiger partial charge is 0.383 e. The second kappa shape index (κ2) is 7.58. The minimum Gasteiger partial charge on any atom is -0.383 e. The number of urea groups is 1. The van der Waals surface area contributed by atoms with Crippen LogP contribution in [0.2, 0.25) is 0 Å². The monoisotopic (exact) mass is 306 g/mol. The summed E-state index contributed by atoms with van der Waals surface area (Å²) in [5.41, 5.74) is 0. The van der Waals surface area contributed by atoms with Crippen molar-refractivity contribution in [3.8, 4) is 0 Å². The standard InChI is InChI=1S/C12H22N2O5S/c1-10(15)3-5-13-12(16)14(6-7-19-2)11-4-8-20(17,18)9-11/h11H,3-9H2,1-2H3,(H,13,16). The van der Waals surface area contributed by atoms with Crippen LogP contribution in [-0.4, -0.2) is 69.5 Å². The van der Waals surface area contributed by atoms with E-state index >= 15 is 0 Å². The molecule has 0 spiro atoms. The first-order valence-corrected chi connectivity index (χ1v) is 8.41. The highest BCUT2D eigenvalue weighted by Gasteiger charge is 2.34.